The number of pyridine rings is 1. The van der Waals surface area contributed by atoms with E-state index >= 15 is 0 Å². The summed E-state index contributed by atoms with van der Waals surface area (Å²) in [5, 5.41) is 6.82. The molecule has 4 rings (SSSR count). The lowest BCUT2D eigenvalue weighted by atomic mass is 9.95. The fraction of sp³-hybridized carbons (Fsp3) is 0.478. The van der Waals surface area contributed by atoms with Gasteiger partial charge in [-0.05, 0) is 60.5 Å². The Morgan fingerprint density at radius 2 is 2.10 bits per heavy atom. The standard InChI is InChI=1S/C23H31N5S2/c1-23(2,3)14-25-20-10-9-18(27-22(20)24-4)16-6-5-11-28(13-16)30-17-7-8-19-21(12-17)29-15-26-19/h7-10,12,15-16,25H,5-6,11,13-14H2,1-4H3,(H,24,27). The fourth-order valence-electron chi connectivity index (χ4n) is 3.70. The summed E-state index contributed by atoms with van der Waals surface area (Å²) < 4.78 is 3.75. The van der Waals surface area contributed by atoms with Gasteiger partial charge in [0.05, 0.1) is 21.4 Å². The van der Waals surface area contributed by atoms with Gasteiger partial charge in [0.15, 0.2) is 0 Å². The average molecular weight is 442 g/mol. The summed E-state index contributed by atoms with van der Waals surface area (Å²) in [6, 6.07) is 11.0. The van der Waals surface area contributed by atoms with Crippen molar-refractivity contribution in [1.29, 1.82) is 0 Å². The van der Waals surface area contributed by atoms with Crippen LogP contribution in [0.25, 0.3) is 10.2 Å². The summed E-state index contributed by atoms with van der Waals surface area (Å²) in [7, 11) is 1.95. The van der Waals surface area contributed by atoms with Crippen LogP contribution >= 0.6 is 23.3 Å². The predicted octanol–water partition coefficient (Wildman–Crippen LogP) is 6.08. The lowest BCUT2D eigenvalue weighted by molar-refractivity contribution is 0.339. The number of hydrogen-bond donors (Lipinski definition) is 2. The highest BCUT2D eigenvalue weighted by Crippen LogP contribution is 2.35. The van der Waals surface area contributed by atoms with Crippen LogP contribution in [0.3, 0.4) is 0 Å². The number of rotatable bonds is 6. The smallest absolute Gasteiger partial charge is 0.149 e. The first kappa shape index (κ1) is 21.4. The number of anilines is 2. The minimum atomic E-state index is 0.229. The zero-order chi connectivity index (χ0) is 21.1. The van der Waals surface area contributed by atoms with E-state index in [1.807, 2.05) is 24.5 Å². The van der Waals surface area contributed by atoms with Gasteiger partial charge < -0.3 is 10.6 Å². The van der Waals surface area contributed by atoms with Crippen molar-refractivity contribution in [2.24, 2.45) is 5.41 Å². The molecule has 7 heteroatoms. The average Bonchev–Trinajstić information content (AvgIpc) is 3.19. The lowest BCUT2D eigenvalue weighted by Crippen LogP contribution is -2.29. The van der Waals surface area contributed by atoms with Crippen molar-refractivity contribution in [2.75, 3.05) is 37.3 Å². The van der Waals surface area contributed by atoms with Crippen molar-refractivity contribution in [3.63, 3.8) is 0 Å². The Kier molecular flexibility index (Phi) is 6.51. The molecule has 1 aliphatic rings. The van der Waals surface area contributed by atoms with Crippen LogP contribution in [-0.2, 0) is 0 Å². The summed E-state index contributed by atoms with van der Waals surface area (Å²) in [6.07, 6.45) is 2.39. The highest BCUT2D eigenvalue weighted by atomic mass is 32.2. The van der Waals surface area contributed by atoms with Crippen molar-refractivity contribution in [3.8, 4) is 0 Å². The Balaban J connectivity index is 1.44. The van der Waals surface area contributed by atoms with Crippen molar-refractivity contribution >= 4 is 45.0 Å². The van der Waals surface area contributed by atoms with E-state index in [9.17, 15) is 0 Å². The third kappa shape index (κ3) is 5.25. The van der Waals surface area contributed by atoms with E-state index in [1.165, 1.54) is 28.1 Å². The van der Waals surface area contributed by atoms with E-state index in [1.54, 1.807) is 11.3 Å². The van der Waals surface area contributed by atoms with Gasteiger partial charge in [0.25, 0.3) is 0 Å². The minimum Gasteiger partial charge on any atom is -0.382 e. The molecule has 1 atom stereocenters. The van der Waals surface area contributed by atoms with Crippen LogP contribution in [0.5, 0.6) is 0 Å². The number of fused-ring (bicyclic) bond motifs is 1. The van der Waals surface area contributed by atoms with Crippen molar-refractivity contribution in [3.05, 3.63) is 41.5 Å². The molecule has 5 nitrogen and oxygen atoms in total. The Morgan fingerprint density at radius 3 is 2.90 bits per heavy atom. The molecule has 160 valence electrons. The van der Waals surface area contributed by atoms with Crippen molar-refractivity contribution in [1.82, 2.24) is 14.3 Å². The summed E-state index contributed by atoms with van der Waals surface area (Å²) in [4.78, 5) is 10.6. The zero-order valence-electron chi connectivity index (χ0n) is 18.2. The van der Waals surface area contributed by atoms with E-state index in [4.69, 9.17) is 4.98 Å². The monoisotopic (exact) mass is 441 g/mol. The van der Waals surface area contributed by atoms with E-state index in [0.717, 1.165) is 36.7 Å². The second-order valence-corrected chi connectivity index (χ2v) is 11.2. The molecule has 3 heterocycles. The molecule has 30 heavy (non-hydrogen) atoms. The number of hydrogen-bond acceptors (Lipinski definition) is 7. The number of nitrogens with one attached hydrogen (secondary N) is 2. The van der Waals surface area contributed by atoms with Crippen LogP contribution in [-0.4, -0.2) is 41.0 Å². The van der Waals surface area contributed by atoms with Gasteiger partial charge in [0, 0.05) is 43.2 Å². The van der Waals surface area contributed by atoms with Crippen LogP contribution < -0.4 is 10.6 Å². The molecular formula is C23H31N5S2. The first-order valence-electron chi connectivity index (χ1n) is 10.6. The Labute approximate surface area is 187 Å². The van der Waals surface area contributed by atoms with E-state index in [-0.39, 0.29) is 5.41 Å². The van der Waals surface area contributed by atoms with E-state index in [2.05, 4.69) is 71.0 Å². The van der Waals surface area contributed by atoms with Gasteiger partial charge in [-0.1, -0.05) is 20.8 Å². The van der Waals surface area contributed by atoms with E-state index in [0.29, 0.717) is 5.92 Å². The molecule has 0 saturated carbocycles. The number of thiazole rings is 1. The predicted molar refractivity (Wildman–Crippen MR) is 131 cm³/mol. The quantitative estimate of drug-likeness (QED) is 0.452. The van der Waals surface area contributed by atoms with Crippen LogP contribution in [0.2, 0.25) is 0 Å². The molecule has 1 unspecified atom stereocenters. The summed E-state index contributed by atoms with van der Waals surface area (Å²) in [6.45, 7) is 9.77. The molecule has 0 aliphatic carbocycles. The SMILES string of the molecule is CNc1nc(C2CCCN(Sc3ccc4ncsc4c3)C2)ccc1NCC(C)(C)C. The molecule has 0 bridgehead atoms. The first-order chi connectivity index (χ1) is 14.4. The van der Waals surface area contributed by atoms with Gasteiger partial charge in [-0.2, -0.15) is 0 Å². The second kappa shape index (κ2) is 9.12. The highest BCUT2D eigenvalue weighted by molar-refractivity contribution is 7.97. The van der Waals surface area contributed by atoms with Gasteiger partial charge in [0.1, 0.15) is 5.82 Å². The maximum Gasteiger partial charge on any atom is 0.149 e. The highest BCUT2D eigenvalue weighted by Gasteiger charge is 2.24. The molecule has 0 spiro atoms. The third-order valence-corrected chi connectivity index (χ3v) is 7.15. The number of benzene rings is 1. The van der Waals surface area contributed by atoms with Gasteiger partial charge in [-0.25, -0.2) is 14.3 Å². The van der Waals surface area contributed by atoms with Crippen LogP contribution in [0.1, 0.15) is 45.2 Å². The Bertz CT molecular complexity index is 995. The van der Waals surface area contributed by atoms with Crippen molar-refractivity contribution in [2.45, 2.75) is 44.4 Å². The van der Waals surface area contributed by atoms with Crippen molar-refractivity contribution < 1.29 is 0 Å². The summed E-state index contributed by atoms with van der Waals surface area (Å²) in [5.74, 6) is 1.40. The molecular weight excluding hydrogens is 410 g/mol. The summed E-state index contributed by atoms with van der Waals surface area (Å²) in [5.41, 5.74) is 5.50. The van der Waals surface area contributed by atoms with Gasteiger partial charge in [-0.15, -0.1) is 11.3 Å². The molecule has 0 radical (unpaired) electrons. The largest absolute Gasteiger partial charge is 0.382 e. The maximum absolute atomic E-state index is 4.97. The zero-order valence-corrected chi connectivity index (χ0v) is 19.9. The molecule has 1 aromatic carbocycles. The maximum atomic E-state index is 4.97. The minimum absolute atomic E-state index is 0.229. The first-order valence-corrected chi connectivity index (χ1v) is 12.3. The normalized spacial score (nSPS) is 17.9. The topological polar surface area (TPSA) is 53.1 Å². The molecule has 1 saturated heterocycles. The van der Waals surface area contributed by atoms with Crippen LogP contribution in [0.4, 0.5) is 11.5 Å². The summed E-state index contributed by atoms with van der Waals surface area (Å²) >= 11 is 3.57. The number of aromatic nitrogens is 2. The third-order valence-electron chi connectivity index (χ3n) is 5.30. The Hall–Kier alpha value is -1.83. The second-order valence-electron chi connectivity index (χ2n) is 9.10. The molecule has 1 aliphatic heterocycles. The van der Waals surface area contributed by atoms with E-state index < -0.39 is 0 Å². The fourth-order valence-corrected chi connectivity index (χ4v) is 5.57. The molecule has 2 aromatic heterocycles. The lowest BCUT2D eigenvalue weighted by Gasteiger charge is -2.31. The van der Waals surface area contributed by atoms with Crippen LogP contribution in [0.15, 0.2) is 40.7 Å². The van der Waals surface area contributed by atoms with Crippen LogP contribution in [0, 0.1) is 5.41 Å². The molecule has 1 fully saturated rings. The number of piperidine rings is 1. The Morgan fingerprint density at radius 1 is 1.23 bits per heavy atom. The van der Waals surface area contributed by atoms with Gasteiger partial charge in [-0.3, -0.25) is 0 Å². The number of nitrogens with zero attached hydrogens (tertiary/aromatic N) is 3. The van der Waals surface area contributed by atoms with Gasteiger partial charge >= 0.3 is 0 Å². The molecule has 0 amide bonds. The molecule has 2 N–H and O–H groups in total. The van der Waals surface area contributed by atoms with Gasteiger partial charge in [0.2, 0.25) is 0 Å². The molecule has 3 aromatic rings.